The zero-order valence-corrected chi connectivity index (χ0v) is 16.3. The van der Waals surface area contributed by atoms with Gasteiger partial charge in [-0.25, -0.2) is 0 Å². The van der Waals surface area contributed by atoms with Crippen molar-refractivity contribution in [3.63, 3.8) is 0 Å². The number of nitrogens with zero attached hydrogens (tertiary/aromatic N) is 1. The molecule has 0 fully saturated rings. The minimum atomic E-state index is 0.256. The molecule has 3 aromatic carbocycles. The van der Waals surface area contributed by atoms with Gasteiger partial charge < -0.3 is 4.74 Å². The molecule has 1 atom stereocenters. The average molecular weight is 360 g/mol. The van der Waals surface area contributed by atoms with Crippen LogP contribution in [0.5, 0.6) is 5.75 Å². The van der Waals surface area contributed by atoms with Crippen molar-refractivity contribution < 1.29 is 4.74 Å². The Kier molecular flexibility index (Phi) is 7.06. The molecule has 0 aromatic heterocycles. The van der Waals surface area contributed by atoms with Crippen LogP contribution in [0.3, 0.4) is 0 Å². The van der Waals surface area contributed by atoms with E-state index >= 15 is 0 Å². The third kappa shape index (κ3) is 5.45. The van der Waals surface area contributed by atoms with Gasteiger partial charge in [-0.05, 0) is 48.3 Å². The van der Waals surface area contributed by atoms with Gasteiger partial charge >= 0.3 is 0 Å². The summed E-state index contributed by atoms with van der Waals surface area (Å²) in [5, 5.41) is 0. The molecule has 27 heavy (non-hydrogen) atoms. The van der Waals surface area contributed by atoms with Gasteiger partial charge in [-0.1, -0.05) is 86.6 Å². The first-order valence-electron chi connectivity index (χ1n) is 9.84. The maximum Gasteiger partial charge on any atom is 0.119 e. The zero-order valence-electron chi connectivity index (χ0n) is 16.3. The summed E-state index contributed by atoms with van der Waals surface area (Å²) in [4.78, 5) is 2.45. The van der Waals surface area contributed by atoms with E-state index in [1.165, 1.54) is 16.7 Å². The summed E-state index contributed by atoms with van der Waals surface area (Å²) in [6.45, 7) is 7.09. The van der Waals surface area contributed by atoms with Crippen LogP contribution >= 0.6 is 0 Å². The van der Waals surface area contributed by atoms with Crippen LogP contribution in [0.25, 0.3) is 0 Å². The highest BCUT2D eigenvalue weighted by molar-refractivity contribution is 5.30. The lowest BCUT2D eigenvalue weighted by molar-refractivity contribution is 0.146. The number of hydrogen-bond acceptors (Lipinski definition) is 2. The Morgan fingerprint density at radius 1 is 0.704 bits per heavy atom. The van der Waals surface area contributed by atoms with Crippen LogP contribution in [0.2, 0.25) is 0 Å². The van der Waals surface area contributed by atoms with E-state index in [0.29, 0.717) is 6.61 Å². The Hall–Kier alpha value is -2.58. The first kappa shape index (κ1) is 19.2. The molecular formula is C25H29NO. The zero-order chi connectivity index (χ0) is 18.9. The van der Waals surface area contributed by atoms with Crippen LogP contribution in [0.1, 0.15) is 36.6 Å². The van der Waals surface area contributed by atoms with E-state index in [1.54, 1.807) is 0 Å². The summed E-state index contributed by atoms with van der Waals surface area (Å²) >= 11 is 0. The van der Waals surface area contributed by atoms with Crippen LogP contribution in [0, 0.1) is 0 Å². The lowest BCUT2D eigenvalue weighted by atomic mass is 10.00. The molecule has 3 rings (SSSR count). The summed E-state index contributed by atoms with van der Waals surface area (Å²) in [5.41, 5.74) is 4.00. The SMILES string of the molecule is CCN(CC)C(COc1ccccc1)c1ccc(Cc2ccccc2)cc1. The monoisotopic (exact) mass is 359 g/mol. The van der Waals surface area contributed by atoms with Crippen molar-refractivity contribution in [2.75, 3.05) is 19.7 Å². The van der Waals surface area contributed by atoms with E-state index in [4.69, 9.17) is 4.74 Å². The van der Waals surface area contributed by atoms with Gasteiger partial charge in [-0.3, -0.25) is 4.90 Å². The summed E-state index contributed by atoms with van der Waals surface area (Å²) < 4.78 is 6.09. The summed E-state index contributed by atoms with van der Waals surface area (Å²) in [6, 6.07) is 30.0. The topological polar surface area (TPSA) is 12.5 Å². The highest BCUT2D eigenvalue weighted by Crippen LogP contribution is 2.23. The van der Waals surface area contributed by atoms with Crippen molar-refractivity contribution in [1.82, 2.24) is 4.90 Å². The lowest BCUT2D eigenvalue weighted by Crippen LogP contribution is -2.32. The standard InChI is InChI=1S/C25H29NO/c1-3-26(4-2)25(20-27-24-13-9-6-10-14-24)23-17-15-22(16-18-23)19-21-11-7-5-8-12-21/h5-18,25H,3-4,19-20H2,1-2H3. The molecule has 2 nitrogen and oxygen atoms in total. The second kappa shape index (κ2) is 9.94. The van der Waals surface area contributed by atoms with Crippen molar-refractivity contribution in [2.24, 2.45) is 0 Å². The van der Waals surface area contributed by atoms with Crippen LogP contribution in [-0.4, -0.2) is 24.6 Å². The largest absolute Gasteiger partial charge is 0.492 e. The summed E-state index contributed by atoms with van der Waals surface area (Å²) in [6.07, 6.45) is 0.970. The van der Waals surface area contributed by atoms with Crippen molar-refractivity contribution in [2.45, 2.75) is 26.3 Å². The fourth-order valence-electron chi connectivity index (χ4n) is 3.46. The van der Waals surface area contributed by atoms with E-state index in [2.05, 4.69) is 73.3 Å². The Bertz CT molecular complexity index is 780. The van der Waals surface area contributed by atoms with E-state index in [0.717, 1.165) is 25.3 Å². The molecule has 0 spiro atoms. The first-order valence-corrected chi connectivity index (χ1v) is 9.84. The van der Waals surface area contributed by atoms with Gasteiger partial charge in [0.1, 0.15) is 12.4 Å². The number of para-hydroxylation sites is 1. The van der Waals surface area contributed by atoms with Crippen LogP contribution in [0.4, 0.5) is 0 Å². The van der Waals surface area contributed by atoms with Gasteiger partial charge in [0.15, 0.2) is 0 Å². The molecule has 0 heterocycles. The fraction of sp³-hybridized carbons (Fsp3) is 0.280. The maximum atomic E-state index is 6.09. The van der Waals surface area contributed by atoms with Crippen LogP contribution in [0.15, 0.2) is 84.9 Å². The third-order valence-corrected chi connectivity index (χ3v) is 5.02. The Balaban J connectivity index is 1.73. The van der Waals surface area contributed by atoms with Gasteiger partial charge in [-0.2, -0.15) is 0 Å². The molecule has 0 aliphatic heterocycles. The fourth-order valence-corrected chi connectivity index (χ4v) is 3.46. The second-order valence-corrected chi connectivity index (χ2v) is 6.77. The molecule has 0 aliphatic rings. The molecular weight excluding hydrogens is 330 g/mol. The molecule has 0 saturated carbocycles. The maximum absolute atomic E-state index is 6.09. The number of likely N-dealkylation sites (N-methyl/N-ethyl adjacent to an activating group) is 1. The summed E-state index contributed by atoms with van der Waals surface area (Å²) in [5.74, 6) is 0.926. The molecule has 0 aliphatic carbocycles. The Morgan fingerprint density at radius 2 is 1.26 bits per heavy atom. The van der Waals surface area contributed by atoms with Gasteiger partial charge in [-0.15, -0.1) is 0 Å². The molecule has 0 bridgehead atoms. The number of hydrogen-bond donors (Lipinski definition) is 0. The predicted octanol–water partition coefficient (Wildman–Crippen LogP) is 5.74. The van der Waals surface area contributed by atoms with Crippen molar-refractivity contribution >= 4 is 0 Å². The Morgan fingerprint density at radius 3 is 1.85 bits per heavy atom. The smallest absolute Gasteiger partial charge is 0.119 e. The minimum Gasteiger partial charge on any atom is -0.492 e. The van der Waals surface area contributed by atoms with Crippen molar-refractivity contribution in [1.29, 1.82) is 0 Å². The number of rotatable bonds is 9. The normalized spacial score (nSPS) is 12.1. The van der Waals surface area contributed by atoms with E-state index in [1.807, 2.05) is 30.3 Å². The highest BCUT2D eigenvalue weighted by atomic mass is 16.5. The first-order chi connectivity index (χ1) is 13.3. The molecule has 0 radical (unpaired) electrons. The van der Waals surface area contributed by atoms with Crippen LogP contribution < -0.4 is 4.74 Å². The molecule has 0 saturated heterocycles. The van der Waals surface area contributed by atoms with Crippen molar-refractivity contribution in [3.05, 3.63) is 102 Å². The molecule has 1 unspecified atom stereocenters. The van der Waals surface area contributed by atoms with Gasteiger partial charge in [0.25, 0.3) is 0 Å². The Labute approximate surface area is 163 Å². The molecule has 140 valence electrons. The molecule has 3 aromatic rings. The van der Waals surface area contributed by atoms with E-state index in [9.17, 15) is 0 Å². The third-order valence-electron chi connectivity index (χ3n) is 5.02. The lowest BCUT2D eigenvalue weighted by Gasteiger charge is -2.30. The quantitative estimate of drug-likeness (QED) is 0.483. The van der Waals surface area contributed by atoms with Gasteiger partial charge in [0.2, 0.25) is 0 Å². The van der Waals surface area contributed by atoms with Gasteiger partial charge in [0.05, 0.1) is 6.04 Å². The number of benzene rings is 3. The molecule has 0 N–H and O–H groups in total. The molecule has 0 amide bonds. The average Bonchev–Trinajstić information content (AvgIpc) is 2.73. The van der Waals surface area contributed by atoms with Gasteiger partial charge in [0, 0.05) is 0 Å². The minimum absolute atomic E-state index is 0.256. The van der Waals surface area contributed by atoms with Crippen molar-refractivity contribution in [3.8, 4) is 5.75 Å². The molecule has 2 heteroatoms. The second-order valence-electron chi connectivity index (χ2n) is 6.77. The van der Waals surface area contributed by atoms with Crippen LogP contribution in [-0.2, 0) is 6.42 Å². The van der Waals surface area contributed by atoms with E-state index < -0.39 is 0 Å². The van der Waals surface area contributed by atoms with E-state index in [-0.39, 0.29) is 6.04 Å². The summed E-state index contributed by atoms with van der Waals surface area (Å²) in [7, 11) is 0. The number of ether oxygens (including phenoxy) is 1. The highest BCUT2D eigenvalue weighted by Gasteiger charge is 2.19. The predicted molar refractivity (Wildman–Crippen MR) is 113 cm³/mol.